The van der Waals surface area contributed by atoms with E-state index < -0.39 is 11.6 Å². The van der Waals surface area contributed by atoms with E-state index in [1.54, 1.807) is 18.2 Å². The molecule has 0 amide bonds. The second-order valence-corrected chi connectivity index (χ2v) is 7.10. The molecule has 1 fully saturated rings. The Balaban J connectivity index is 1.37. The molecular formula is C23H23F2NO3. The predicted octanol–water partition coefficient (Wildman–Crippen LogP) is 4.94. The summed E-state index contributed by atoms with van der Waals surface area (Å²) in [4.78, 5) is 11.3. The molecule has 0 aromatic heterocycles. The number of halogens is 2. The fourth-order valence-electron chi connectivity index (χ4n) is 3.12. The fourth-order valence-corrected chi connectivity index (χ4v) is 3.12. The lowest BCUT2D eigenvalue weighted by Gasteiger charge is -2.07. The maximum Gasteiger partial charge on any atom is 0.337 e. The van der Waals surface area contributed by atoms with Gasteiger partial charge in [-0.3, -0.25) is 0 Å². The maximum absolute atomic E-state index is 14.1. The largest absolute Gasteiger partial charge is 0.464 e. The molecule has 0 bridgehead atoms. The number of ether oxygens (including phenoxy) is 2. The van der Waals surface area contributed by atoms with Gasteiger partial charge in [0.15, 0.2) is 17.7 Å². The number of aryl methyl sites for hydroxylation is 1. The van der Waals surface area contributed by atoms with Crippen molar-refractivity contribution in [3.63, 3.8) is 0 Å². The van der Waals surface area contributed by atoms with Gasteiger partial charge in [-0.05, 0) is 42.5 Å². The highest BCUT2D eigenvalue weighted by Gasteiger charge is 2.32. The molecule has 2 aromatic rings. The van der Waals surface area contributed by atoms with Gasteiger partial charge in [0.2, 0.25) is 0 Å². The van der Waals surface area contributed by atoms with Gasteiger partial charge >= 0.3 is 5.97 Å². The number of hydrogen-bond donors (Lipinski definition) is 0. The number of esters is 1. The molecule has 1 saturated heterocycles. The highest BCUT2D eigenvalue weighted by Crippen LogP contribution is 2.26. The quantitative estimate of drug-likeness (QED) is 0.323. The molecule has 0 saturated carbocycles. The first kappa shape index (κ1) is 20.9. The second kappa shape index (κ2) is 10.1. The number of carbonyl (C=O) groups excluding carboxylic acids is 1. The molecular weight excluding hydrogens is 376 g/mol. The van der Waals surface area contributed by atoms with Crippen LogP contribution in [-0.4, -0.2) is 25.3 Å². The number of rotatable bonds is 10. The van der Waals surface area contributed by atoms with Gasteiger partial charge in [-0.1, -0.05) is 43.5 Å². The van der Waals surface area contributed by atoms with Gasteiger partial charge in [0.1, 0.15) is 6.07 Å². The first-order valence-electron chi connectivity index (χ1n) is 9.86. The highest BCUT2D eigenvalue weighted by atomic mass is 19.2. The molecule has 152 valence electrons. The van der Waals surface area contributed by atoms with Crippen LogP contribution in [0.4, 0.5) is 8.78 Å². The van der Waals surface area contributed by atoms with Gasteiger partial charge in [-0.15, -0.1) is 0 Å². The zero-order valence-corrected chi connectivity index (χ0v) is 16.1. The van der Waals surface area contributed by atoms with Crippen molar-refractivity contribution in [2.24, 2.45) is 0 Å². The van der Waals surface area contributed by atoms with Gasteiger partial charge in [0, 0.05) is 5.56 Å². The lowest BCUT2D eigenvalue weighted by molar-refractivity contribution is -0.145. The summed E-state index contributed by atoms with van der Waals surface area (Å²) < 4.78 is 37.9. The van der Waals surface area contributed by atoms with Gasteiger partial charge in [-0.25, -0.2) is 13.6 Å². The normalized spacial score (nSPS) is 15.0. The smallest absolute Gasteiger partial charge is 0.337 e. The minimum Gasteiger partial charge on any atom is -0.464 e. The molecule has 1 heterocycles. The molecule has 1 atom stereocenters. The summed E-state index contributed by atoms with van der Waals surface area (Å²) in [6.45, 7) is 0.936. The van der Waals surface area contributed by atoms with Crippen LogP contribution in [0.15, 0.2) is 36.4 Å². The third kappa shape index (κ3) is 5.85. The van der Waals surface area contributed by atoms with Crippen molar-refractivity contribution in [2.45, 2.75) is 44.6 Å². The molecule has 4 nitrogen and oxygen atoms in total. The standard InChI is InChI=1S/C23H23F2NO3/c24-21-18(14-26)11-12-19(22(21)25)17-9-7-16(8-10-17)6-4-2-1-3-5-13-28-23(27)20-15-29-20/h7-12,20H,1-6,13,15H2. The second-order valence-electron chi connectivity index (χ2n) is 7.10. The summed E-state index contributed by atoms with van der Waals surface area (Å²) in [5.74, 6) is -2.35. The molecule has 1 unspecified atom stereocenters. The zero-order valence-electron chi connectivity index (χ0n) is 16.1. The molecule has 1 aliphatic rings. The van der Waals surface area contributed by atoms with Crippen LogP contribution in [0.3, 0.4) is 0 Å². The van der Waals surface area contributed by atoms with Crippen LogP contribution in [0, 0.1) is 23.0 Å². The summed E-state index contributed by atoms with van der Waals surface area (Å²) in [5.41, 5.74) is 1.59. The van der Waals surface area contributed by atoms with Crippen molar-refractivity contribution >= 4 is 5.97 Å². The summed E-state index contributed by atoms with van der Waals surface area (Å²) >= 11 is 0. The van der Waals surface area contributed by atoms with E-state index >= 15 is 0 Å². The van der Waals surface area contributed by atoms with Gasteiger partial charge in [-0.2, -0.15) is 5.26 Å². The first-order chi connectivity index (χ1) is 14.1. The molecule has 0 radical (unpaired) electrons. The Labute approximate surface area is 169 Å². The monoisotopic (exact) mass is 399 g/mol. The van der Waals surface area contributed by atoms with E-state index in [0.29, 0.717) is 18.8 Å². The SMILES string of the molecule is N#Cc1ccc(-c2ccc(CCCCCCCOC(=O)C3CO3)cc2)c(F)c1F. The van der Waals surface area contributed by atoms with Crippen molar-refractivity contribution in [1.82, 2.24) is 0 Å². The molecule has 0 spiro atoms. The Kier molecular flexibility index (Phi) is 7.31. The van der Waals surface area contributed by atoms with Gasteiger partial charge in [0.05, 0.1) is 18.8 Å². The predicted molar refractivity (Wildman–Crippen MR) is 104 cm³/mol. The minimum atomic E-state index is -1.11. The average Bonchev–Trinajstić information content (AvgIpc) is 3.58. The fraction of sp³-hybridized carbons (Fsp3) is 0.391. The molecule has 2 aromatic carbocycles. The van der Waals surface area contributed by atoms with Crippen molar-refractivity contribution in [1.29, 1.82) is 5.26 Å². The van der Waals surface area contributed by atoms with E-state index in [1.807, 2.05) is 12.1 Å². The van der Waals surface area contributed by atoms with E-state index in [4.69, 9.17) is 14.7 Å². The number of hydrogen-bond acceptors (Lipinski definition) is 4. The van der Waals surface area contributed by atoms with Crippen LogP contribution in [0.1, 0.15) is 43.2 Å². The third-order valence-corrected chi connectivity index (χ3v) is 4.92. The van der Waals surface area contributed by atoms with Crippen LogP contribution < -0.4 is 0 Å². The van der Waals surface area contributed by atoms with E-state index in [0.717, 1.165) is 44.1 Å². The lowest BCUT2D eigenvalue weighted by Crippen LogP contribution is -2.12. The van der Waals surface area contributed by atoms with Gasteiger partial charge in [0.25, 0.3) is 0 Å². The summed E-state index contributed by atoms with van der Waals surface area (Å²) in [5, 5.41) is 8.77. The Bertz CT molecular complexity index is 886. The third-order valence-electron chi connectivity index (χ3n) is 4.92. The van der Waals surface area contributed by atoms with Crippen molar-refractivity contribution in [3.8, 4) is 17.2 Å². The van der Waals surface area contributed by atoms with Crippen molar-refractivity contribution in [2.75, 3.05) is 13.2 Å². The van der Waals surface area contributed by atoms with Crippen LogP contribution in [0.5, 0.6) is 0 Å². The molecule has 29 heavy (non-hydrogen) atoms. The molecule has 1 aliphatic heterocycles. The Morgan fingerprint density at radius 3 is 2.41 bits per heavy atom. The Morgan fingerprint density at radius 2 is 1.72 bits per heavy atom. The topological polar surface area (TPSA) is 62.6 Å². The summed E-state index contributed by atoms with van der Waals surface area (Å²) in [6.07, 6.45) is 5.66. The van der Waals surface area contributed by atoms with E-state index in [1.165, 1.54) is 12.1 Å². The zero-order chi connectivity index (χ0) is 20.6. The van der Waals surface area contributed by atoms with Crippen LogP contribution in [0.25, 0.3) is 11.1 Å². The maximum atomic E-state index is 14.1. The highest BCUT2D eigenvalue weighted by molar-refractivity contribution is 5.76. The van der Waals surface area contributed by atoms with Crippen LogP contribution in [-0.2, 0) is 20.7 Å². The molecule has 0 N–H and O–H groups in total. The van der Waals surface area contributed by atoms with E-state index in [9.17, 15) is 13.6 Å². The number of benzene rings is 2. The van der Waals surface area contributed by atoms with E-state index in [-0.39, 0.29) is 23.2 Å². The molecule has 3 rings (SSSR count). The van der Waals surface area contributed by atoms with Crippen LogP contribution in [0.2, 0.25) is 0 Å². The van der Waals surface area contributed by atoms with Crippen LogP contribution >= 0.6 is 0 Å². The molecule has 6 heteroatoms. The first-order valence-corrected chi connectivity index (χ1v) is 9.86. The van der Waals surface area contributed by atoms with E-state index in [2.05, 4.69) is 0 Å². The number of unbranched alkanes of at least 4 members (excludes halogenated alkanes) is 4. The number of carbonyl (C=O) groups is 1. The minimum absolute atomic E-state index is 0.155. The number of nitriles is 1. The van der Waals surface area contributed by atoms with Crippen molar-refractivity contribution in [3.05, 3.63) is 59.2 Å². The van der Waals surface area contributed by atoms with Crippen molar-refractivity contribution < 1.29 is 23.0 Å². The lowest BCUT2D eigenvalue weighted by atomic mass is 9.99. The summed E-state index contributed by atoms with van der Waals surface area (Å²) in [7, 11) is 0. The number of nitrogens with zero attached hydrogens (tertiary/aromatic N) is 1. The van der Waals surface area contributed by atoms with Gasteiger partial charge < -0.3 is 9.47 Å². The Morgan fingerprint density at radius 1 is 1.03 bits per heavy atom. The molecule has 0 aliphatic carbocycles. The summed E-state index contributed by atoms with van der Waals surface area (Å²) in [6, 6.07) is 11.8. The Hall–Kier alpha value is -2.78. The average molecular weight is 399 g/mol. The number of epoxide rings is 1.